The zero-order valence-electron chi connectivity index (χ0n) is 19.3. The number of hydrogen-bond acceptors (Lipinski definition) is 4. The number of nitrogens with one attached hydrogen (secondary N) is 1. The lowest BCUT2D eigenvalue weighted by molar-refractivity contribution is -0.122. The second-order valence-corrected chi connectivity index (χ2v) is 8.60. The van der Waals surface area contributed by atoms with E-state index < -0.39 is 5.92 Å². The molecule has 1 fully saturated rings. The lowest BCUT2D eigenvalue weighted by Crippen LogP contribution is -2.29. The fourth-order valence-corrected chi connectivity index (χ4v) is 3.92. The van der Waals surface area contributed by atoms with Gasteiger partial charge < -0.3 is 15.0 Å². The van der Waals surface area contributed by atoms with Gasteiger partial charge in [-0.15, -0.1) is 0 Å². The van der Waals surface area contributed by atoms with Crippen molar-refractivity contribution in [3.05, 3.63) is 59.2 Å². The molecule has 0 radical (unpaired) electrons. The zero-order chi connectivity index (χ0) is 23.3. The maximum absolute atomic E-state index is 12.9. The minimum absolute atomic E-state index is 0.0241. The first-order valence-electron chi connectivity index (χ1n) is 11.3. The molecule has 2 aromatic rings. The number of carbonyl (C=O) groups excluding carboxylic acids is 3. The zero-order valence-corrected chi connectivity index (χ0v) is 19.3. The molecule has 2 amide bonds. The maximum Gasteiger partial charge on any atom is 0.338 e. The third kappa shape index (κ3) is 5.36. The fourth-order valence-electron chi connectivity index (χ4n) is 3.92. The first kappa shape index (κ1) is 23.5. The van der Waals surface area contributed by atoms with E-state index in [0.29, 0.717) is 24.4 Å². The van der Waals surface area contributed by atoms with Gasteiger partial charge in [0.05, 0.1) is 18.1 Å². The lowest BCUT2D eigenvalue weighted by atomic mass is 10.0. The molecule has 6 nitrogen and oxygen atoms in total. The van der Waals surface area contributed by atoms with Crippen LogP contribution in [-0.2, 0) is 27.2 Å². The summed E-state index contributed by atoms with van der Waals surface area (Å²) >= 11 is 0. The Morgan fingerprint density at radius 2 is 1.69 bits per heavy atom. The van der Waals surface area contributed by atoms with Gasteiger partial charge in [-0.25, -0.2) is 4.79 Å². The highest BCUT2D eigenvalue weighted by molar-refractivity contribution is 6.04. The van der Waals surface area contributed by atoms with Crippen LogP contribution in [0.4, 0.5) is 11.4 Å². The predicted octanol–water partition coefficient (Wildman–Crippen LogP) is 4.62. The molecule has 2 aromatic carbocycles. The van der Waals surface area contributed by atoms with Gasteiger partial charge in [-0.1, -0.05) is 45.9 Å². The molecular weight excluding hydrogens is 404 g/mol. The van der Waals surface area contributed by atoms with Crippen LogP contribution < -0.4 is 10.2 Å². The fraction of sp³-hybridized carbons (Fsp3) is 0.423. The Bertz CT molecular complexity index is 960. The minimum Gasteiger partial charge on any atom is -0.462 e. The number of hydrogen-bond donors (Lipinski definition) is 1. The Hall–Kier alpha value is -3.15. The number of benzene rings is 2. The van der Waals surface area contributed by atoms with Gasteiger partial charge in [0.2, 0.25) is 11.8 Å². The van der Waals surface area contributed by atoms with Crippen molar-refractivity contribution in [2.45, 2.75) is 47.0 Å². The summed E-state index contributed by atoms with van der Waals surface area (Å²) in [7, 11) is 0. The van der Waals surface area contributed by atoms with Gasteiger partial charge in [-0.2, -0.15) is 0 Å². The average Bonchev–Trinajstić information content (AvgIpc) is 3.18. The molecule has 1 aliphatic heterocycles. The molecule has 1 aliphatic rings. The van der Waals surface area contributed by atoms with Gasteiger partial charge in [-0.05, 0) is 54.2 Å². The van der Waals surface area contributed by atoms with Crippen LogP contribution in [0.5, 0.6) is 0 Å². The van der Waals surface area contributed by atoms with Crippen LogP contribution in [0.2, 0.25) is 0 Å². The van der Waals surface area contributed by atoms with Crippen LogP contribution in [0.3, 0.4) is 0 Å². The van der Waals surface area contributed by atoms with Gasteiger partial charge in [0, 0.05) is 24.3 Å². The number of amides is 2. The van der Waals surface area contributed by atoms with Crippen molar-refractivity contribution in [2.24, 2.45) is 11.8 Å². The molecule has 0 saturated carbocycles. The molecular formula is C26H32N2O4. The Morgan fingerprint density at radius 1 is 1.06 bits per heavy atom. The smallest absolute Gasteiger partial charge is 0.338 e. The average molecular weight is 437 g/mol. The Balaban J connectivity index is 1.66. The Kier molecular flexibility index (Phi) is 7.67. The van der Waals surface area contributed by atoms with Gasteiger partial charge >= 0.3 is 5.97 Å². The topological polar surface area (TPSA) is 75.7 Å². The third-order valence-corrected chi connectivity index (χ3v) is 5.67. The number of ether oxygens (including phenoxy) is 1. The van der Waals surface area contributed by atoms with Crippen LogP contribution in [0.1, 0.15) is 55.6 Å². The summed E-state index contributed by atoms with van der Waals surface area (Å²) in [4.78, 5) is 39.5. The summed E-state index contributed by atoms with van der Waals surface area (Å²) < 4.78 is 5.23. The number of rotatable bonds is 8. The molecule has 0 spiro atoms. The van der Waals surface area contributed by atoms with E-state index in [4.69, 9.17) is 4.74 Å². The highest BCUT2D eigenvalue weighted by Gasteiger charge is 2.36. The van der Waals surface area contributed by atoms with Gasteiger partial charge in [0.25, 0.3) is 0 Å². The van der Waals surface area contributed by atoms with Crippen molar-refractivity contribution in [1.29, 1.82) is 0 Å². The number of esters is 1. The largest absolute Gasteiger partial charge is 0.462 e. The summed E-state index contributed by atoms with van der Waals surface area (Å²) in [6.45, 7) is 8.84. The van der Waals surface area contributed by atoms with Crippen molar-refractivity contribution in [3.63, 3.8) is 0 Å². The molecule has 1 saturated heterocycles. The molecule has 0 unspecified atom stereocenters. The molecule has 6 heteroatoms. The molecule has 0 bridgehead atoms. The summed E-state index contributed by atoms with van der Waals surface area (Å²) in [6.07, 6.45) is 1.85. The van der Waals surface area contributed by atoms with Crippen LogP contribution in [0, 0.1) is 11.8 Å². The van der Waals surface area contributed by atoms with Crippen LogP contribution in [-0.4, -0.2) is 30.9 Å². The summed E-state index contributed by atoms with van der Waals surface area (Å²) in [5.74, 6) is -0.751. The third-order valence-electron chi connectivity index (χ3n) is 5.67. The molecule has 1 heterocycles. The second kappa shape index (κ2) is 10.4. The van der Waals surface area contributed by atoms with Crippen molar-refractivity contribution >= 4 is 29.2 Å². The molecule has 0 aliphatic carbocycles. The number of nitrogens with zero attached hydrogens (tertiary/aromatic N) is 1. The molecule has 1 atom stereocenters. The standard InChI is InChI=1S/C26H32N2O4/c1-5-18-8-7-9-19(6-2)24(18)28-15-21(14-23(28)29)25(30)27-22-12-10-20(11-13-22)26(31)32-16-17(3)4/h7-13,17,21H,5-6,14-16H2,1-4H3,(H,27,30)/t21-/m1/s1. The number of aryl methyl sites for hydroxylation is 2. The quantitative estimate of drug-likeness (QED) is 0.613. The van der Waals surface area contributed by atoms with E-state index in [-0.39, 0.29) is 30.1 Å². The highest BCUT2D eigenvalue weighted by atomic mass is 16.5. The first-order chi connectivity index (χ1) is 15.3. The van der Waals surface area contributed by atoms with E-state index in [9.17, 15) is 14.4 Å². The van der Waals surface area contributed by atoms with E-state index in [0.717, 1.165) is 29.7 Å². The molecule has 170 valence electrons. The second-order valence-electron chi connectivity index (χ2n) is 8.60. The number of para-hydroxylation sites is 1. The summed E-state index contributed by atoms with van der Waals surface area (Å²) in [5.41, 5.74) is 4.23. The predicted molar refractivity (Wildman–Crippen MR) is 126 cm³/mol. The van der Waals surface area contributed by atoms with E-state index in [1.54, 1.807) is 29.2 Å². The van der Waals surface area contributed by atoms with Gasteiger partial charge in [0.1, 0.15) is 0 Å². The minimum atomic E-state index is -0.423. The Labute approximate surface area is 189 Å². The van der Waals surface area contributed by atoms with Gasteiger partial charge in [0.15, 0.2) is 0 Å². The number of anilines is 2. The van der Waals surface area contributed by atoms with E-state index in [2.05, 4.69) is 19.2 Å². The van der Waals surface area contributed by atoms with Crippen molar-refractivity contribution in [1.82, 2.24) is 0 Å². The number of carbonyl (C=O) groups is 3. The van der Waals surface area contributed by atoms with Gasteiger partial charge in [-0.3, -0.25) is 9.59 Å². The van der Waals surface area contributed by atoms with E-state index in [1.165, 1.54) is 0 Å². The van der Waals surface area contributed by atoms with Crippen molar-refractivity contribution < 1.29 is 19.1 Å². The monoisotopic (exact) mass is 436 g/mol. The molecule has 32 heavy (non-hydrogen) atoms. The SMILES string of the molecule is CCc1cccc(CC)c1N1C[C@H](C(=O)Nc2ccc(C(=O)OCC(C)C)cc2)CC1=O. The summed E-state index contributed by atoms with van der Waals surface area (Å²) in [6, 6.07) is 12.7. The first-order valence-corrected chi connectivity index (χ1v) is 11.3. The molecule has 1 N–H and O–H groups in total. The van der Waals surface area contributed by atoms with E-state index >= 15 is 0 Å². The maximum atomic E-state index is 12.9. The van der Waals surface area contributed by atoms with Crippen LogP contribution >= 0.6 is 0 Å². The summed E-state index contributed by atoms with van der Waals surface area (Å²) in [5, 5.41) is 2.88. The molecule has 3 rings (SSSR count). The molecule has 0 aromatic heterocycles. The van der Waals surface area contributed by atoms with E-state index in [1.807, 2.05) is 32.0 Å². The van der Waals surface area contributed by atoms with Crippen molar-refractivity contribution in [3.8, 4) is 0 Å². The lowest BCUT2D eigenvalue weighted by Gasteiger charge is -2.23. The van der Waals surface area contributed by atoms with Crippen LogP contribution in [0.25, 0.3) is 0 Å². The van der Waals surface area contributed by atoms with Crippen LogP contribution in [0.15, 0.2) is 42.5 Å². The Morgan fingerprint density at radius 3 is 2.25 bits per heavy atom. The van der Waals surface area contributed by atoms with Crippen molar-refractivity contribution in [2.75, 3.05) is 23.4 Å². The normalized spacial score (nSPS) is 15.8. The highest BCUT2D eigenvalue weighted by Crippen LogP contribution is 2.32.